The quantitative estimate of drug-likeness (QED) is 0.397. The standard InChI is InChI=1S/C17H10BrClINO3S/c18-11-5-10(15(22)13(20)7-11)6-14-16(23)21(17(24)25-14)8-9-2-1-3-12(19)4-9/h1-7,22H,8H2/b14-6-. The van der Waals surface area contributed by atoms with Crippen LogP contribution < -0.4 is 0 Å². The van der Waals surface area contributed by atoms with Crippen molar-refractivity contribution in [3.63, 3.8) is 0 Å². The Morgan fingerprint density at radius 1 is 1.28 bits per heavy atom. The van der Waals surface area contributed by atoms with Crippen LogP contribution in [0.4, 0.5) is 4.79 Å². The van der Waals surface area contributed by atoms with Crippen molar-refractivity contribution in [3.05, 3.63) is 65.5 Å². The number of aromatic hydroxyl groups is 1. The van der Waals surface area contributed by atoms with Gasteiger partial charge in [-0.2, -0.15) is 0 Å². The number of halogens is 3. The molecule has 1 aliphatic heterocycles. The maximum atomic E-state index is 12.6. The maximum absolute atomic E-state index is 12.6. The molecule has 1 fully saturated rings. The van der Waals surface area contributed by atoms with Crippen molar-refractivity contribution in [2.75, 3.05) is 0 Å². The first-order valence-electron chi connectivity index (χ1n) is 7.03. The summed E-state index contributed by atoms with van der Waals surface area (Å²) >= 11 is 12.2. The smallest absolute Gasteiger partial charge is 0.293 e. The molecule has 1 heterocycles. The van der Waals surface area contributed by atoms with Crippen LogP contribution in [0.2, 0.25) is 5.02 Å². The predicted octanol–water partition coefficient (Wildman–Crippen LogP) is 5.65. The summed E-state index contributed by atoms with van der Waals surface area (Å²) in [5.74, 6) is -0.310. The highest BCUT2D eigenvalue weighted by atomic mass is 127. The van der Waals surface area contributed by atoms with E-state index in [1.54, 1.807) is 36.4 Å². The molecule has 0 aromatic heterocycles. The number of hydrogen-bond acceptors (Lipinski definition) is 4. The fourth-order valence-electron chi connectivity index (χ4n) is 2.29. The minimum absolute atomic E-state index is 0.0745. The van der Waals surface area contributed by atoms with E-state index >= 15 is 0 Å². The van der Waals surface area contributed by atoms with E-state index in [1.807, 2.05) is 22.6 Å². The summed E-state index contributed by atoms with van der Waals surface area (Å²) in [5.41, 5.74) is 1.25. The van der Waals surface area contributed by atoms with E-state index in [9.17, 15) is 14.7 Å². The van der Waals surface area contributed by atoms with Crippen LogP contribution in [0.15, 0.2) is 45.8 Å². The van der Waals surface area contributed by atoms with Gasteiger partial charge in [0.2, 0.25) is 0 Å². The normalized spacial score (nSPS) is 16.1. The lowest BCUT2D eigenvalue weighted by Gasteiger charge is -2.12. The Kier molecular flexibility index (Phi) is 5.77. The van der Waals surface area contributed by atoms with Gasteiger partial charge in [0.05, 0.1) is 15.0 Å². The average molecular weight is 551 g/mol. The third kappa shape index (κ3) is 4.21. The topological polar surface area (TPSA) is 57.6 Å². The zero-order valence-electron chi connectivity index (χ0n) is 12.5. The summed E-state index contributed by atoms with van der Waals surface area (Å²) in [4.78, 5) is 26.2. The number of thioether (sulfide) groups is 1. The van der Waals surface area contributed by atoms with Gasteiger partial charge in [-0.1, -0.05) is 39.7 Å². The first kappa shape index (κ1) is 18.8. The average Bonchev–Trinajstić information content (AvgIpc) is 2.80. The molecule has 0 spiro atoms. The molecule has 0 bridgehead atoms. The van der Waals surface area contributed by atoms with Gasteiger partial charge in [-0.3, -0.25) is 14.5 Å². The Morgan fingerprint density at radius 3 is 2.76 bits per heavy atom. The van der Waals surface area contributed by atoms with Crippen LogP contribution in [0.1, 0.15) is 11.1 Å². The fourth-order valence-corrected chi connectivity index (χ4v) is 4.88. The molecule has 3 rings (SSSR count). The first-order valence-corrected chi connectivity index (χ1v) is 10.1. The second kappa shape index (κ2) is 7.69. The van der Waals surface area contributed by atoms with Crippen LogP contribution in [0.3, 0.4) is 0 Å². The zero-order valence-corrected chi connectivity index (χ0v) is 17.8. The van der Waals surface area contributed by atoms with E-state index in [-0.39, 0.29) is 28.3 Å². The number of hydrogen-bond donors (Lipinski definition) is 1. The molecule has 128 valence electrons. The minimum Gasteiger partial charge on any atom is -0.506 e. The van der Waals surface area contributed by atoms with Crippen molar-refractivity contribution in [3.8, 4) is 5.75 Å². The fraction of sp³-hybridized carbons (Fsp3) is 0.0588. The summed E-state index contributed by atoms with van der Waals surface area (Å²) in [5, 5.41) is 10.4. The molecule has 8 heteroatoms. The molecule has 1 saturated heterocycles. The Hall–Kier alpha value is -1.03. The monoisotopic (exact) mass is 549 g/mol. The number of phenols is 1. The van der Waals surface area contributed by atoms with Crippen molar-refractivity contribution in [1.82, 2.24) is 4.90 Å². The van der Waals surface area contributed by atoms with Gasteiger partial charge in [0.1, 0.15) is 5.75 Å². The van der Waals surface area contributed by atoms with Gasteiger partial charge >= 0.3 is 0 Å². The maximum Gasteiger partial charge on any atom is 0.293 e. The molecule has 4 nitrogen and oxygen atoms in total. The van der Waals surface area contributed by atoms with Crippen LogP contribution in [0, 0.1) is 3.57 Å². The Balaban J connectivity index is 1.89. The van der Waals surface area contributed by atoms with Crippen LogP contribution in [-0.4, -0.2) is 21.2 Å². The molecule has 0 saturated carbocycles. The molecule has 0 atom stereocenters. The lowest BCUT2D eigenvalue weighted by Crippen LogP contribution is -2.27. The molecule has 2 aromatic rings. The summed E-state index contributed by atoms with van der Waals surface area (Å²) in [7, 11) is 0. The van der Waals surface area contributed by atoms with E-state index < -0.39 is 0 Å². The number of rotatable bonds is 3. The number of nitrogens with zero attached hydrogens (tertiary/aromatic N) is 1. The van der Waals surface area contributed by atoms with Gasteiger partial charge in [0.25, 0.3) is 11.1 Å². The third-order valence-electron chi connectivity index (χ3n) is 3.45. The Labute approximate surface area is 175 Å². The molecule has 0 aliphatic carbocycles. The number of imide groups is 1. The second-order valence-electron chi connectivity index (χ2n) is 5.22. The molecule has 0 unspecified atom stereocenters. The molecule has 25 heavy (non-hydrogen) atoms. The highest BCUT2D eigenvalue weighted by Crippen LogP contribution is 2.36. The lowest BCUT2D eigenvalue weighted by atomic mass is 10.2. The number of benzene rings is 2. The minimum atomic E-state index is -0.385. The van der Waals surface area contributed by atoms with Gasteiger partial charge in [0, 0.05) is 15.1 Å². The van der Waals surface area contributed by atoms with Crippen molar-refractivity contribution in [2.45, 2.75) is 6.54 Å². The van der Waals surface area contributed by atoms with Crippen LogP contribution in [0.5, 0.6) is 5.75 Å². The van der Waals surface area contributed by atoms with Crippen LogP contribution in [0.25, 0.3) is 6.08 Å². The lowest BCUT2D eigenvalue weighted by molar-refractivity contribution is -0.123. The SMILES string of the molecule is O=C1S/C(=C\c2cc(Br)cc(I)c2O)C(=O)N1Cc1cccc(Cl)c1. The molecule has 2 amide bonds. The first-order chi connectivity index (χ1) is 11.8. The van der Waals surface area contributed by atoms with E-state index in [2.05, 4.69) is 15.9 Å². The Morgan fingerprint density at radius 2 is 2.04 bits per heavy atom. The molecule has 2 aromatic carbocycles. The van der Waals surface area contributed by atoms with Crippen LogP contribution in [-0.2, 0) is 11.3 Å². The highest BCUT2D eigenvalue weighted by molar-refractivity contribution is 14.1. The Bertz CT molecular complexity index is 919. The van der Waals surface area contributed by atoms with Gasteiger partial charge in [-0.05, 0) is 70.3 Å². The zero-order chi connectivity index (χ0) is 18.1. The van der Waals surface area contributed by atoms with E-state index in [4.69, 9.17) is 11.6 Å². The van der Waals surface area contributed by atoms with Gasteiger partial charge < -0.3 is 5.11 Å². The summed E-state index contributed by atoms with van der Waals surface area (Å²) < 4.78 is 1.43. The van der Waals surface area contributed by atoms with E-state index in [1.165, 1.54) is 11.0 Å². The second-order valence-corrected chi connectivity index (χ2v) is 8.73. The molecule has 0 radical (unpaired) electrons. The van der Waals surface area contributed by atoms with E-state index in [0.717, 1.165) is 21.8 Å². The van der Waals surface area contributed by atoms with Crippen molar-refractivity contribution in [1.29, 1.82) is 0 Å². The number of amides is 2. The molecule has 1 N–H and O–H groups in total. The summed E-state index contributed by atoms with van der Waals surface area (Å²) in [6, 6.07) is 10.5. The van der Waals surface area contributed by atoms with Crippen LogP contribution >= 0.6 is 61.9 Å². The van der Waals surface area contributed by atoms with Gasteiger partial charge in [-0.15, -0.1) is 0 Å². The van der Waals surface area contributed by atoms with Crippen molar-refractivity contribution in [2.24, 2.45) is 0 Å². The predicted molar refractivity (Wildman–Crippen MR) is 111 cm³/mol. The van der Waals surface area contributed by atoms with Crippen molar-refractivity contribution >= 4 is 79.1 Å². The molecule has 1 aliphatic rings. The number of carbonyl (C=O) groups is 2. The number of carbonyl (C=O) groups excluding carboxylic acids is 2. The van der Waals surface area contributed by atoms with Crippen molar-refractivity contribution < 1.29 is 14.7 Å². The highest BCUT2D eigenvalue weighted by Gasteiger charge is 2.35. The number of phenolic OH excluding ortho intramolecular Hbond substituents is 1. The third-order valence-corrected chi connectivity index (χ3v) is 5.87. The summed E-state index contributed by atoms with van der Waals surface area (Å²) in [6.07, 6.45) is 1.53. The largest absolute Gasteiger partial charge is 0.506 e. The summed E-state index contributed by atoms with van der Waals surface area (Å²) in [6.45, 7) is 0.157. The van der Waals surface area contributed by atoms with Gasteiger partial charge in [-0.25, -0.2) is 0 Å². The van der Waals surface area contributed by atoms with Gasteiger partial charge in [0.15, 0.2) is 0 Å². The molecular weight excluding hydrogens is 541 g/mol. The molecular formula is C17H10BrClINO3S. The van der Waals surface area contributed by atoms with E-state index in [0.29, 0.717) is 14.2 Å².